The number of carbonyl (C=O) groups is 3. The maximum absolute atomic E-state index is 12.9. The van der Waals surface area contributed by atoms with Crippen molar-refractivity contribution in [2.24, 2.45) is 0 Å². The van der Waals surface area contributed by atoms with Gasteiger partial charge in [-0.25, -0.2) is 0 Å². The molecule has 6 heteroatoms. The lowest BCUT2D eigenvalue weighted by atomic mass is 10.0. The van der Waals surface area contributed by atoms with Crippen molar-refractivity contribution in [2.75, 3.05) is 13.2 Å². The fourth-order valence-corrected chi connectivity index (χ4v) is 8.60. The molecule has 6 nitrogen and oxygen atoms in total. The number of ether oxygens (including phenoxy) is 3. The summed E-state index contributed by atoms with van der Waals surface area (Å²) in [6, 6.07) is 0. The highest BCUT2D eigenvalue weighted by molar-refractivity contribution is 5.71. The first-order chi connectivity index (χ1) is 40.5. The molecule has 0 heterocycles. The molecule has 0 aromatic carbocycles. The summed E-state index contributed by atoms with van der Waals surface area (Å²) in [7, 11) is 0. The van der Waals surface area contributed by atoms with Crippen molar-refractivity contribution in [3.8, 4) is 0 Å². The van der Waals surface area contributed by atoms with E-state index in [9.17, 15) is 14.4 Å². The molecule has 0 bridgehead atoms. The summed E-state index contributed by atoms with van der Waals surface area (Å²) in [4.78, 5) is 38.4. The van der Waals surface area contributed by atoms with E-state index in [-0.39, 0.29) is 44.0 Å². The zero-order valence-electron chi connectivity index (χ0n) is 52.7. The quantitative estimate of drug-likeness (QED) is 0.0261. The van der Waals surface area contributed by atoms with Crippen LogP contribution in [0.1, 0.15) is 271 Å². The highest BCUT2D eigenvalue weighted by Gasteiger charge is 2.19. The molecule has 0 saturated carbocycles. The SMILES string of the molecule is CC/C=C\C/C=C\C/C=C\C/C=C\C/C=C\C/C=C\C/C=C\CCCC(=O)OCC(COC(=O)CCCCCCCCCCCCCCCCCCCC)OC(=O)CCC/C=C\C/C=C\C/C=C\C/C=C\C/C=C\C/C=C\C/C=C\CC. The summed E-state index contributed by atoms with van der Waals surface area (Å²) in [6.45, 7) is 6.33. The molecule has 460 valence electrons. The summed E-state index contributed by atoms with van der Waals surface area (Å²) >= 11 is 0. The molecule has 0 spiro atoms. The van der Waals surface area contributed by atoms with Crippen LogP contribution in [-0.4, -0.2) is 37.2 Å². The zero-order valence-corrected chi connectivity index (χ0v) is 52.7. The molecule has 0 fully saturated rings. The van der Waals surface area contributed by atoms with Gasteiger partial charge in [0.05, 0.1) is 0 Å². The lowest BCUT2D eigenvalue weighted by molar-refractivity contribution is -0.167. The van der Waals surface area contributed by atoms with Gasteiger partial charge in [-0.3, -0.25) is 14.4 Å². The predicted molar refractivity (Wildman–Crippen MR) is 357 cm³/mol. The number of allylic oxidation sites excluding steroid dienone is 28. The van der Waals surface area contributed by atoms with Crippen molar-refractivity contribution in [1.82, 2.24) is 0 Å². The van der Waals surface area contributed by atoms with E-state index in [0.29, 0.717) is 19.3 Å². The van der Waals surface area contributed by atoms with Crippen LogP contribution in [0.2, 0.25) is 0 Å². The lowest BCUT2D eigenvalue weighted by Gasteiger charge is -2.18. The standard InChI is InChI=1S/C76H120O6/c1-4-7-10-13-16-19-22-25-28-31-34-36-38-40-42-45-48-51-54-57-60-63-66-69-75(78)81-72-73(71-80-74(77)68-65-62-59-56-53-50-47-44-33-30-27-24-21-18-15-12-9-6-3)82-76(79)70-67-64-61-58-55-52-49-46-43-41-39-37-35-32-29-26-23-20-17-14-11-8-5-2/h7-8,10-11,16-17,19-20,25-26,28-29,34-37,40-43,48-49,51-52,57-58,60-61,73H,4-6,9,12-15,18,21-24,27,30-33,38-39,44-47,50,53-56,59,62-72H2,1-3H3/b10-7-,11-8-,19-16-,20-17-,28-25-,29-26-,36-34-,37-35-,42-40-,43-41-,51-48-,52-49-,60-57-,61-58-. The van der Waals surface area contributed by atoms with Gasteiger partial charge in [-0.2, -0.15) is 0 Å². The Morgan fingerprint density at radius 1 is 0.256 bits per heavy atom. The first-order valence-corrected chi connectivity index (χ1v) is 33.1. The van der Waals surface area contributed by atoms with Gasteiger partial charge in [-0.1, -0.05) is 300 Å². The van der Waals surface area contributed by atoms with Gasteiger partial charge in [-0.05, 0) is 122 Å². The second-order valence-electron chi connectivity index (χ2n) is 21.3. The molecule has 0 aromatic rings. The van der Waals surface area contributed by atoms with Crippen LogP contribution >= 0.6 is 0 Å². The van der Waals surface area contributed by atoms with Crippen LogP contribution in [0.4, 0.5) is 0 Å². The highest BCUT2D eigenvalue weighted by Crippen LogP contribution is 2.16. The summed E-state index contributed by atoms with van der Waals surface area (Å²) < 4.78 is 16.8. The fraction of sp³-hybridized carbons (Fsp3) is 0.592. The molecule has 82 heavy (non-hydrogen) atoms. The van der Waals surface area contributed by atoms with Crippen LogP contribution in [0.3, 0.4) is 0 Å². The van der Waals surface area contributed by atoms with Gasteiger partial charge in [0.2, 0.25) is 0 Å². The molecular weight excluding hydrogens is 1010 g/mol. The molecule has 0 aliphatic carbocycles. The van der Waals surface area contributed by atoms with Crippen molar-refractivity contribution in [3.63, 3.8) is 0 Å². The van der Waals surface area contributed by atoms with Gasteiger partial charge >= 0.3 is 17.9 Å². The average molecular weight is 1130 g/mol. The third kappa shape index (κ3) is 65.6. The monoisotopic (exact) mass is 1130 g/mol. The largest absolute Gasteiger partial charge is 0.462 e. The molecule has 0 aromatic heterocycles. The van der Waals surface area contributed by atoms with Crippen LogP contribution in [0.25, 0.3) is 0 Å². The van der Waals surface area contributed by atoms with E-state index in [4.69, 9.17) is 14.2 Å². The first-order valence-electron chi connectivity index (χ1n) is 33.1. The molecule has 0 radical (unpaired) electrons. The molecular formula is C76H120O6. The third-order valence-electron chi connectivity index (χ3n) is 13.5. The van der Waals surface area contributed by atoms with Crippen LogP contribution in [0.5, 0.6) is 0 Å². The Morgan fingerprint density at radius 2 is 0.476 bits per heavy atom. The summed E-state index contributed by atoms with van der Waals surface area (Å²) in [5.41, 5.74) is 0. The normalized spacial score (nSPS) is 13.3. The lowest BCUT2D eigenvalue weighted by Crippen LogP contribution is -2.30. The summed E-state index contributed by atoms with van der Waals surface area (Å²) in [6.07, 6.45) is 101. The van der Waals surface area contributed by atoms with E-state index in [1.807, 2.05) is 0 Å². The van der Waals surface area contributed by atoms with Crippen molar-refractivity contribution >= 4 is 17.9 Å². The molecule has 1 unspecified atom stereocenters. The first kappa shape index (κ1) is 76.8. The minimum Gasteiger partial charge on any atom is -0.462 e. The number of esters is 3. The molecule has 0 saturated heterocycles. The topological polar surface area (TPSA) is 78.9 Å². The van der Waals surface area contributed by atoms with Crippen molar-refractivity contribution in [2.45, 2.75) is 277 Å². The number of unbranched alkanes of at least 4 members (excludes halogenated alkanes) is 19. The minimum absolute atomic E-state index is 0.125. The Labute approximate surface area is 504 Å². The van der Waals surface area contributed by atoms with E-state index in [0.717, 1.165) is 122 Å². The highest BCUT2D eigenvalue weighted by atomic mass is 16.6. The van der Waals surface area contributed by atoms with Crippen molar-refractivity contribution < 1.29 is 28.6 Å². The molecule has 0 aliphatic rings. The Balaban J connectivity index is 4.61. The number of rotatable bonds is 58. The summed E-state index contributed by atoms with van der Waals surface area (Å²) in [5, 5.41) is 0. The van der Waals surface area contributed by atoms with E-state index >= 15 is 0 Å². The Hall–Kier alpha value is -5.23. The Morgan fingerprint density at radius 3 is 0.744 bits per heavy atom. The molecule has 0 rings (SSSR count). The molecule has 1 atom stereocenters. The van der Waals surface area contributed by atoms with E-state index in [2.05, 4.69) is 191 Å². The maximum Gasteiger partial charge on any atom is 0.306 e. The number of hydrogen-bond donors (Lipinski definition) is 0. The number of hydrogen-bond acceptors (Lipinski definition) is 6. The smallest absolute Gasteiger partial charge is 0.306 e. The number of carbonyl (C=O) groups excluding carboxylic acids is 3. The van der Waals surface area contributed by atoms with Gasteiger partial charge in [0.15, 0.2) is 6.10 Å². The molecule has 0 aliphatic heterocycles. The summed E-state index contributed by atoms with van der Waals surface area (Å²) in [5.74, 6) is -1.05. The van der Waals surface area contributed by atoms with E-state index in [1.165, 1.54) is 96.3 Å². The fourth-order valence-electron chi connectivity index (χ4n) is 8.60. The Kier molecular flexibility index (Phi) is 63.9. The van der Waals surface area contributed by atoms with E-state index in [1.54, 1.807) is 0 Å². The second-order valence-corrected chi connectivity index (χ2v) is 21.3. The third-order valence-corrected chi connectivity index (χ3v) is 13.5. The predicted octanol–water partition coefficient (Wildman–Crippen LogP) is 23.0. The van der Waals surface area contributed by atoms with Gasteiger partial charge in [0, 0.05) is 19.3 Å². The van der Waals surface area contributed by atoms with Crippen molar-refractivity contribution in [3.05, 3.63) is 170 Å². The minimum atomic E-state index is -0.842. The maximum atomic E-state index is 12.9. The Bertz CT molecular complexity index is 1870. The second kappa shape index (κ2) is 68.3. The molecule has 0 amide bonds. The van der Waals surface area contributed by atoms with Gasteiger partial charge < -0.3 is 14.2 Å². The average Bonchev–Trinajstić information content (AvgIpc) is 3.47. The van der Waals surface area contributed by atoms with Crippen LogP contribution in [-0.2, 0) is 28.6 Å². The van der Waals surface area contributed by atoms with Gasteiger partial charge in [0.25, 0.3) is 0 Å². The zero-order chi connectivity index (χ0) is 59.2. The molecule has 0 N–H and O–H groups in total. The van der Waals surface area contributed by atoms with Crippen molar-refractivity contribution in [1.29, 1.82) is 0 Å². The van der Waals surface area contributed by atoms with Gasteiger partial charge in [-0.15, -0.1) is 0 Å². The van der Waals surface area contributed by atoms with E-state index < -0.39 is 6.10 Å². The van der Waals surface area contributed by atoms with Crippen LogP contribution < -0.4 is 0 Å². The van der Waals surface area contributed by atoms with Crippen LogP contribution in [0.15, 0.2) is 170 Å². The van der Waals surface area contributed by atoms with Crippen LogP contribution in [0, 0.1) is 0 Å². The van der Waals surface area contributed by atoms with Gasteiger partial charge in [0.1, 0.15) is 13.2 Å².